The van der Waals surface area contributed by atoms with E-state index in [2.05, 4.69) is 25.9 Å². The highest BCUT2D eigenvalue weighted by Crippen LogP contribution is 2.24. The SMILES string of the molecule is COC(C)c1nc(-c2ccccc2)c(Br)c(=O)[nH]1. The van der Waals surface area contributed by atoms with Gasteiger partial charge in [-0.3, -0.25) is 4.79 Å². The Hall–Kier alpha value is -1.46. The number of benzene rings is 1. The van der Waals surface area contributed by atoms with Crippen LogP contribution in [-0.2, 0) is 4.74 Å². The maximum absolute atomic E-state index is 11.9. The zero-order valence-corrected chi connectivity index (χ0v) is 11.7. The van der Waals surface area contributed by atoms with E-state index < -0.39 is 0 Å². The van der Waals surface area contributed by atoms with Crippen LogP contribution in [0.2, 0.25) is 0 Å². The molecule has 0 bridgehead atoms. The van der Waals surface area contributed by atoms with Gasteiger partial charge in [-0.2, -0.15) is 0 Å². The van der Waals surface area contributed by atoms with Gasteiger partial charge in [0.05, 0.1) is 5.69 Å². The zero-order chi connectivity index (χ0) is 13.1. The van der Waals surface area contributed by atoms with Crippen molar-refractivity contribution in [1.82, 2.24) is 9.97 Å². The first-order valence-corrected chi connectivity index (χ1v) is 6.30. The molecule has 0 aliphatic heterocycles. The van der Waals surface area contributed by atoms with Gasteiger partial charge in [0.25, 0.3) is 5.56 Å². The molecule has 1 unspecified atom stereocenters. The molecule has 0 saturated heterocycles. The second-order valence-corrected chi connectivity index (χ2v) is 4.65. The van der Waals surface area contributed by atoms with Gasteiger partial charge in [0.15, 0.2) is 0 Å². The van der Waals surface area contributed by atoms with Crippen LogP contribution in [-0.4, -0.2) is 17.1 Å². The Morgan fingerprint density at radius 1 is 1.33 bits per heavy atom. The van der Waals surface area contributed by atoms with Crippen molar-refractivity contribution in [3.05, 3.63) is 51.0 Å². The quantitative estimate of drug-likeness (QED) is 0.948. The smallest absolute Gasteiger partial charge is 0.265 e. The molecule has 0 amide bonds. The van der Waals surface area contributed by atoms with E-state index in [0.29, 0.717) is 16.0 Å². The molecule has 0 fully saturated rings. The number of halogens is 1. The van der Waals surface area contributed by atoms with E-state index in [9.17, 15) is 4.79 Å². The molecule has 1 aromatic carbocycles. The molecular weight excluding hydrogens is 296 g/mol. The lowest BCUT2D eigenvalue weighted by atomic mass is 10.1. The fourth-order valence-corrected chi connectivity index (χ4v) is 1.98. The van der Waals surface area contributed by atoms with Crippen molar-refractivity contribution in [2.24, 2.45) is 0 Å². The number of nitrogens with zero attached hydrogens (tertiary/aromatic N) is 1. The molecule has 18 heavy (non-hydrogen) atoms. The largest absolute Gasteiger partial charge is 0.374 e. The number of H-pyrrole nitrogens is 1. The van der Waals surface area contributed by atoms with Crippen LogP contribution in [0.25, 0.3) is 11.3 Å². The second kappa shape index (κ2) is 5.46. The molecule has 2 aromatic rings. The number of methoxy groups -OCH3 is 1. The predicted molar refractivity (Wildman–Crippen MR) is 73.4 cm³/mol. The van der Waals surface area contributed by atoms with Crippen molar-refractivity contribution in [2.75, 3.05) is 7.11 Å². The first-order valence-electron chi connectivity index (χ1n) is 5.51. The molecule has 1 atom stereocenters. The minimum absolute atomic E-state index is 0.206. The van der Waals surface area contributed by atoms with Crippen LogP contribution in [0.3, 0.4) is 0 Å². The topological polar surface area (TPSA) is 55.0 Å². The number of rotatable bonds is 3. The molecule has 0 radical (unpaired) electrons. The number of aromatic nitrogens is 2. The highest BCUT2D eigenvalue weighted by atomic mass is 79.9. The van der Waals surface area contributed by atoms with E-state index in [0.717, 1.165) is 5.56 Å². The van der Waals surface area contributed by atoms with E-state index in [1.54, 1.807) is 7.11 Å². The number of hydrogen-bond acceptors (Lipinski definition) is 3. The Labute approximate surface area is 113 Å². The van der Waals surface area contributed by atoms with Gasteiger partial charge in [-0.15, -0.1) is 0 Å². The Balaban J connectivity index is 2.60. The van der Waals surface area contributed by atoms with Gasteiger partial charge >= 0.3 is 0 Å². The summed E-state index contributed by atoms with van der Waals surface area (Å²) >= 11 is 3.28. The summed E-state index contributed by atoms with van der Waals surface area (Å²) in [5.74, 6) is 0.518. The number of nitrogens with one attached hydrogen (secondary N) is 1. The summed E-state index contributed by atoms with van der Waals surface area (Å²) in [5.41, 5.74) is 1.31. The van der Waals surface area contributed by atoms with Crippen LogP contribution in [0, 0.1) is 0 Å². The van der Waals surface area contributed by atoms with Gasteiger partial charge in [-0.05, 0) is 22.9 Å². The third-order valence-electron chi connectivity index (χ3n) is 2.67. The van der Waals surface area contributed by atoms with Crippen molar-refractivity contribution in [1.29, 1.82) is 0 Å². The molecule has 1 N–H and O–H groups in total. The number of ether oxygens (including phenoxy) is 1. The number of aromatic amines is 1. The van der Waals surface area contributed by atoms with Gasteiger partial charge < -0.3 is 9.72 Å². The van der Waals surface area contributed by atoms with E-state index >= 15 is 0 Å². The summed E-state index contributed by atoms with van der Waals surface area (Å²) in [5, 5.41) is 0. The van der Waals surface area contributed by atoms with E-state index in [4.69, 9.17) is 4.74 Å². The Bertz CT molecular complexity index is 596. The van der Waals surface area contributed by atoms with Crippen LogP contribution >= 0.6 is 15.9 Å². The van der Waals surface area contributed by atoms with Crippen LogP contribution in [0.15, 0.2) is 39.6 Å². The van der Waals surface area contributed by atoms with Crippen molar-refractivity contribution >= 4 is 15.9 Å². The van der Waals surface area contributed by atoms with Crippen molar-refractivity contribution in [3.63, 3.8) is 0 Å². The summed E-state index contributed by atoms with van der Waals surface area (Å²) in [6, 6.07) is 9.55. The summed E-state index contributed by atoms with van der Waals surface area (Å²) < 4.78 is 5.61. The van der Waals surface area contributed by atoms with Gasteiger partial charge in [0.1, 0.15) is 16.4 Å². The minimum atomic E-state index is -0.256. The lowest BCUT2D eigenvalue weighted by Gasteiger charge is -2.11. The Kier molecular flexibility index (Phi) is 3.93. The summed E-state index contributed by atoms with van der Waals surface area (Å²) in [4.78, 5) is 19.0. The van der Waals surface area contributed by atoms with Gasteiger partial charge in [0, 0.05) is 12.7 Å². The summed E-state index contributed by atoms with van der Waals surface area (Å²) in [6.07, 6.45) is -0.256. The molecule has 0 saturated carbocycles. The van der Waals surface area contributed by atoms with Crippen LogP contribution in [0.5, 0.6) is 0 Å². The fourth-order valence-electron chi connectivity index (χ4n) is 1.57. The standard InChI is InChI=1S/C13H13BrN2O2/c1-8(18-2)12-15-11(10(14)13(17)16-12)9-6-4-3-5-7-9/h3-8H,1-2H3,(H,15,16,17). The monoisotopic (exact) mass is 308 g/mol. The molecule has 0 aliphatic carbocycles. The molecule has 1 heterocycles. The molecule has 5 heteroatoms. The normalized spacial score (nSPS) is 12.4. The summed E-state index contributed by atoms with van der Waals surface area (Å²) in [6.45, 7) is 1.83. The number of hydrogen-bond donors (Lipinski definition) is 1. The maximum atomic E-state index is 11.9. The van der Waals surface area contributed by atoms with Crippen LogP contribution < -0.4 is 5.56 Å². The Morgan fingerprint density at radius 3 is 2.61 bits per heavy atom. The minimum Gasteiger partial charge on any atom is -0.374 e. The van der Waals surface area contributed by atoms with E-state index in [1.165, 1.54) is 0 Å². The predicted octanol–water partition coefficient (Wildman–Crippen LogP) is 2.91. The maximum Gasteiger partial charge on any atom is 0.265 e. The fraction of sp³-hybridized carbons (Fsp3) is 0.231. The lowest BCUT2D eigenvalue weighted by Crippen LogP contribution is -2.16. The van der Waals surface area contributed by atoms with Crippen LogP contribution in [0.1, 0.15) is 18.9 Å². The van der Waals surface area contributed by atoms with Crippen LogP contribution in [0.4, 0.5) is 0 Å². The highest BCUT2D eigenvalue weighted by Gasteiger charge is 2.14. The third-order valence-corrected chi connectivity index (χ3v) is 3.40. The molecule has 94 valence electrons. The van der Waals surface area contributed by atoms with Gasteiger partial charge in [-0.25, -0.2) is 4.98 Å². The molecule has 1 aromatic heterocycles. The molecule has 4 nitrogen and oxygen atoms in total. The van der Waals surface area contributed by atoms with Crippen molar-refractivity contribution in [3.8, 4) is 11.3 Å². The molecule has 0 aliphatic rings. The average molecular weight is 309 g/mol. The zero-order valence-electron chi connectivity index (χ0n) is 10.1. The first kappa shape index (κ1) is 13.0. The van der Waals surface area contributed by atoms with Gasteiger partial charge in [-0.1, -0.05) is 30.3 Å². The second-order valence-electron chi connectivity index (χ2n) is 3.86. The summed E-state index contributed by atoms with van der Waals surface area (Å²) in [7, 11) is 1.58. The molecule has 0 spiro atoms. The third kappa shape index (κ3) is 2.52. The Morgan fingerprint density at radius 2 is 2.00 bits per heavy atom. The molecule has 2 rings (SSSR count). The lowest BCUT2D eigenvalue weighted by molar-refractivity contribution is 0.112. The van der Waals surface area contributed by atoms with E-state index in [1.807, 2.05) is 37.3 Å². The van der Waals surface area contributed by atoms with Crippen molar-refractivity contribution < 1.29 is 4.74 Å². The molecular formula is C13H13BrN2O2. The van der Waals surface area contributed by atoms with Crippen molar-refractivity contribution in [2.45, 2.75) is 13.0 Å². The van der Waals surface area contributed by atoms with Gasteiger partial charge in [0.2, 0.25) is 0 Å². The highest BCUT2D eigenvalue weighted by molar-refractivity contribution is 9.10. The first-order chi connectivity index (χ1) is 8.63. The van der Waals surface area contributed by atoms with E-state index in [-0.39, 0.29) is 11.7 Å². The average Bonchev–Trinajstić information content (AvgIpc) is 2.41.